The fourth-order valence-electron chi connectivity index (χ4n) is 2.94. The lowest BCUT2D eigenvalue weighted by Gasteiger charge is -2.17. The van der Waals surface area contributed by atoms with Gasteiger partial charge in [0.05, 0.1) is 16.6 Å². The predicted molar refractivity (Wildman–Crippen MR) is 111 cm³/mol. The normalized spacial score (nSPS) is 12.3. The van der Waals surface area contributed by atoms with Crippen LogP contribution < -0.4 is 10.0 Å². The molecule has 0 fully saturated rings. The van der Waals surface area contributed by atoms with Crippen LogP contribution in [0.1, 0.15) is 34.5 Å². The van der Waals surface area contributed by atoms with Gasteiger partial charge in [0, 0.05) is 11.1 Å². The highest BCUT2D eigenvalue weighted by Crippen LogP contribution is 2.22. The molecule has 0 saturated carbocycles. The first kappa shape index (κ1) is 21.4. The SMILES string of the molecule is Cc1ccc(S(=O)(=O)Nc2ccccc2F)cc1C(=O)NC(C)c1ccccc1F. The summed E-state index contributed by atoms with van der Waals surface area (Å²) in [5, 5.41) is 2.68. The molecule has 8 heteroatoms. The van der Waals surface area contributed by atoms with Crippen molar-refractivity contribution in [1.29, 1.82) is 0 Å². The molecule has 5 nitrogen and oxygen atoms in total. The van der Waals surface area contributed by atoms with E-state index < -0.39 is 33.6 Å². The topological polar surface area (TPSA) is 75.3 Å². The van der Waals surface area contributed by atoms with Crippen LogP contribution in [0.25, 0.3) is 0 Å². The Bertz CT molecular complexity index is 1200. The number of sulfonamides is 1. The highest BCUT2D eigenvalue weighted by molar-refractivity contribution is 7.92. The first-order valence-electron chi connectivity index (χ1n) is 9.12. The molecule has 1 amide bonds. The molecular weight excluding hydrogens is 410 g/mol. The van der Waals surface area contributed by atoms with Crippen molar-refractivity contribution in [3.8, 4) is 0 Å². The van der Waals surface area contributed by atoms with Crippen molar-refractivity contribution >= 4 is 21.6 Å². The van der Waals surface area contributed by atoms with Crippen molar-refractivity contribution < 1.29 is 22.0 Å². The van der Waals surface area contributed by atoms with Gasteiger partial charge in [0.2, 0.25) is 0 Å². The molecule has 0 aliphatic rings. The molecular formula is C22H20F2N2O3S. The molecule has 1 unspecified atom stereocenters. The molecule has 0 saturated heterocycles. The van der Waals surface area contributed by atoms with E-state index >= 15 is 0 Å². The Morgan fingerprint density at radius 2 is 1.57 bits per heavy atom. The summed E-state index contributed by atoms with van der Waals surface area (Å²) in [6.07, 6.45) is 0. The van der Waals surface area contributed by atoms with Crippen molar-refractivity contribution in [1.82, 2.24) is 5.32 Å². The van der Waals surface area contributed by atoms with Crippen molar-refractivity contribution in [2.75, 3.05) is 4.72 Å². The van der Waals surface area contributed by atoms with Gasteiger partial charge in [-0.3, -0.25) is 9.52 Å². The molecule has 0 aliphatic carbocycles. The fourth-order valence-corrected chi connectivity index (χ4v) is 4.03. The van der Waals surface area contributed by atoms with Crippen LogP contribution in [0.2, 0.25) is 0 Å². The zero-order valence-corrected chi connectivity index (χ0v) is 17.1. The Kier molecular flexibility index (Phi) is 6.17. The molecule has 2 N–H and O–H groups in total. The monoisotopic (exact) mass is 430 g/mol. The maximum Gasteiger partial charge on any atom is 0.262 e. The number of anilines is 1. The van der Waals surface area contributed by atoms with E-state index in [9.17, 15) is 22.0 Å². The molecule has 0 heterocycles. The molecule has 30 heavy (non-hydrogen) atoms. The summed E-state index contributed by atoms with van der Waals surface area (Å²) in [7, 11) is -4.13. The number of rotatable bonds is 6. The van der Waals surface area contributed by atoms with Crippen LogP contribution in [0, 0.1) is 18.6 Å². The van der Waals surface area contributed by atoms with Crippen LogP contribution in [0.4, 0.5) is 14.5 Å². The number of halogens is 2. The third-order valence-electron chi connectivity index (χ3n) is 4.60. The zero-order chi connectivity index (χ0) is 21.9. The minimum absolute atomic E-state index is 0.120. The van der Waals surface area contributed by atoms with Crippen molar-refractivity contribution in [2.45, 2.75) is 24.8 Å². The van der Waals surface area contributed by atoms with Gasteiger partial charge in [-0.2, -0.15) is 0 Å². The van der Waals surface area contributed by atoms with E-state index in [1.54, 1.807) is 32.0 Å². The molecule has 156 valence electrons. The summed E-state index contributed by atoms with van der Waals surface area (Å²) in [6.45, 7) is 3.29. The minimum Gasteiger partial charge on any atom is -0.345 e. The fraction of sp³-hybridized carbons (Fsp3) is 0.136. The smallest absolute Gasteiger partial charge is 0.262 e. The first-order valence-corrected chi connectivity index (χ1v) is 10.6. The van der Waals surface area contributed by atoms with Gasteiger partial charge in [-0.05, 0) is 49.7 Å². The number of benzene rings is 3. The number of aryl methyl sites for hydroxylation is 1. The summed E-state index contributed by atoms with van der Waals surface area (Å²) in [5.74, 6) is -1.72. The van der Waals surface area contributed by atoms with Crippen LogP contribution in [-0.2, 0) is 10.0 Å². The van der Waals surface area contributed by atoms with E-state index in [2.05, 4.69) is 10.0 Å². The number of carbonyl (C=O) groups excluding carboxylic acids is 1. The molecule has 0 spiro atoms. The zero-order valence-electron chi connectivity index (χ0n) is 16.3. The van der Waals surface area contributed by atoms with Crippen LogP contribution in [0.5, 0.6) is 0 Å². The minimum atomic E-state index is -4.13. The quantitative estimate of drug-likeness (QED) is 0.602. The average molecular weight is 430 g/mol. The lowest BCUT2D eigenvalue weighted by Crippen LogP contribution is -2.28. The van der Waals surface area contributed by atoms with Crippen LogP contribution in [0.3, 0.4) is 0 Å². The Labute approximate surface area is 173 Å². The van der Waals surface area contributed by atoms with E-state index in [4.69, 9.17) is 0 Å². The highest BCUT2D eigenvalue weighted by Gasteiger charge is 2.21. The van der Waals surface area contributed by atoms with Gasteiger partial charge >= 0.3 is 0 Å². The molecule has 0 aromatic heterocycles. The number of amides is 1. The Morgan fingerprint density at radius 1 is 0.933 bits per heavy atom. The summed E-state index contributed by atoms with van der Waals surface area (Å²) < 4.78 is 55.3. The van der Waals surface area contributed by atoms with Crippen LogP contribution in [0.15, 0.2) is 71.6 Å². The summed E-state index contributed by atoms with van der Waals surface area (Å²) in [4.78, 5) is 12.5. The van der Waals surface area contributed by atoms with Gasteiger partial charge in [0.15, 0.2) is 0 Å². The van der Waals surface area contributed by atoms with Crippen molar-refractivity contribution in [3.63, 3.8) is 0 Å². The third-order valence-corrected chi connectivity index (χ3v) is 5.96. The first-order chi connectivity index (χ1) is 14.2. The Balaban J connectivity index is 1.86. The number of carbonyl (C=O) groups is 1. The van der Waals surface area contributed by atoms with Gasteiger partial charge in [-0.25, -0.2) is 17.2 Å². The van der Waals surface area contributed by atoms with E-state index in [1.165, 1.54) is 42.5 Å². The van der Waals surface area contributed by atoms with E-state index in [0.29, 0.717) is 11.1 Å². The second-order valence-electron chi connectivity index (χ2n) is 6.78. The highest BCUT2D eigenvalue weighted by atomic mass is 32.2. The lowest BCUT2D eigenvalue weighted by molar-refractivity contribution is 0.0938. The van der Waals surface area contributed by atoms with Crippen LogP contribution >= 0.6 is 0 Å². The Hall–Kier alpha value is -3.26. The number of para-hydroxylation sites is 1. The van der Waals surface area contributed by atoms with Gasteiger partial charge in [0.25, 0.3) is 15.9 Å². The van der Waals surface area contributed by atoms with Crippen molar-refractivity contribution in [3.05, 3.63) is 95.1 Å². The second-order valence-corrected chi connectivity index (χ2v) is 8.46. The van der Waals surface area contributed by atoms with Crippen LogP contribution in [-0.4, -0.2) is 14.3 Å². The molecule has 3 rings (SSSR count). The van der Waals surface area contributed by atoms with Gasteiger partial charge < -0.3 is 5.32 Å². The van der Waals surface area contributed by atoms with E-state index in [1.807, 2.05) is 0 Å². The molecule has 3 aromatic carbocycles. The predicted octanol–water partition coefficient (Wildman–Crippen LogP) is 4.57. The van der Waals surface area contributed by atoms with E-state index in [0.717, 1.165) is 6.07 Å². The molecule has 0 aliphatic heterocycles. The average Bonchev–Trinajstić information content (AvgIpc) is 2.70. The third kappa shape index (κ3) is 4.65. The number of hydrogen-bond donors (Lipinski definition) is 2. The molecule has 3 aromatic rings. The second kappa shape index (κ2) is 8.62. The molecule has 0 radical (unpaired) electrons. The summed E-state index contributed by atoms with van der Waals surface area (Å²) >= 11 is 0. The standard InChI is InChI=1S/C22H20F2N2O3S/c1-14-11-12-16(30(28,29)26-21-10-6-5-9-20(21)24)13-18(14)22(27)25-15(2)17-7-3-4-8-19(17)23/h3-13,15,26H,1-2H3,(H,25,27). The number of nitrogens with one attached hydrogen (secondary N) is 2. The van der Waals surface area contributed by atoms with E-state index in [-0.39, 0.29) is 16.1 Å². The molecule has 0 bridgehead atoms. The van der Waals surface area contributed by atoms with Gasteiger partial charge in [-0.1, -0.05) is 36.4 Å². The van der Waals surface area contributed by atoms with Gasteiger partial charge in [-0.15, -0.1) is 0 Å². The maximum atomic E-state index is 14.0. The molecule has 1 atom stereocenters. The maximum absolute atomic E-state index is 14.0. The largest absolute Gasteiger partial charge is 0.345 e. The number of hydrogen-bond acceptors (Lipinski definition) is 3. The van der Waals surface area contributed by atoms with Gasteiger partial charge in [0.1, 0.15) is 11.6 Å². The summed E-state index contributed by atoms with van der Waals surface area (Å²) in [6, 6.07) is 14.8. The lowest BCUT2D eigenvalue weighted by atomic mass is 10.1. The Morgan fingerprint density at radius 3 is 2.23 bits per heavy atom. The van der Waals surface area contributed by atoms with Crippen molar-refractivity contribution in [2.24, 2.45) is 0 Å². The summed E-state index contributed by atoms with van der Waals surface area (Å²) in [5.41, 5.74) is 0.776.